The molecule has 1 rings (SSSR count). The minimum absolute atomic E-state index is 0.195. The molecule has 5 heteroatoms. The minimum Gasteiger partial charge on any atom is -0.496 e. The number of rotatable bonds is 8. The molecule has 20 heavy (non-hydrogen) atoms. The summed E-state index contributed by atoms with van der Waals surface area (Å²) in [7, 11) is 2.88. The summed E-state index contributed by atoms with van der Waals surface area (Å²) in [5.41, 5.74) is 0.195. The van der Waals surface area contributed by atoms with Gasteiger partial charge < -0.3 is 14.6 Å². The molecule has 1 aromatic carbocycles. The Bertz CT molecular complexity index is 459. The molecule has 0 aliphatic heterocycles. The van der Waals surface area contributed by atoms with Gasteiger partial charge in [-0.25, -0.2) is 0 Å². The number of carboxylic acids is 1. The van der Waals surface area contributed by atoms with E-state index in [4.69, 9.17) is 9.47 Å². The van der Waals surface area contributed by atoms with Gasteiger partial charge in [-0.2, -0.15) is 0 Å². The van der Waals surface area contributed by atoms with E-state index in [0.29, 0.717) is 24.3 Å². The van der Waals surface area contributed by atoms with Crippen molar-refractivity contribution in [3.63, 3.8) is 0 Å². The van der Waals surface area contributed by atoms with Crippen LogP contribution in [-0.2, 0) is 4.79 Å². The highest BCUT2D eigenvalue weighted by atomic mass is 16.5. The molecule has 0 aliphatic carbocycles. The normalized spacial score (nSPS) is 11.8. The molecule has 0 fully saturated rings. The van der Waals surface area contributed by atoms with E-state index >= 15 is 0 Å². The molecule has 1 N–H and O–H groups in total. The van der Waals surface area contributed by atoms with E-state index in [0.717, 1.165) is 6.42 Å². The number of aliphatic carboxylic acids is 1. The summed E-state index contributed by atoms with van der Waals surface area (Å²) in [6.45, 7) is 1.95. The van der Waals surface area contributed by atoms with Crippen molar-refractivity contribution in [1.82, 2.24) is 0 Å². The van der Waals surface area contributed by atoms with Gasteiger partial charge in [0, 0.05) is 0 Å². The van der Waals surface area contributed by atoms with E-state index in [1.165, 1.54) is 14.2 Å². The molecule has 1 aromatic rings. The third-order valence-electron chi connectivity index (χ3n) is 3.14. The second-order valence-electron chi connectivity index (χ2n) is 4.43. The Morgan fingerprint density at radius 2 is 1.75 bits per heavy atom. The van der Waals surface area contributed by atoms with E-state index in [2.05, 4.69) is 0 Å². The quantitative estimate of drug-likeness (QED) is 0.585. The SMILES string of the molecule is CCCCC(C(=O)O)C(=O)c1c(OC)cccc1OC. The number of hydrogen-bond donors (Lipinski definition) is 1. The standard InChI is InChI=1S/C15H20O5/c1-4-5-7-10(15(17)18)14(16)13-11(19-2)8-6-9-12(13)20-3/h6,8-10H,4-5,7H2,1-3H3,(H,17,18). The fourth-order valence-corrected chi connectivity index (χ4v) is 2.04. The van der Waals surface area contributed by atoms with Gasteiger partial charge in [-0.1, -0.05) is 25.8 Å². The summed E-state index contributed by atoms with van der Waals surface area (Å²) in [5.74, 6) is -1.99. The number of carbonyl (C=O) groups is 2. The van der Waals surface area contributed by atoms with Gasteiger partial charge in [-0.05, 0) is 18.6 Å². The second-order valence-corrected chi connectivity index (χ2v) is 4.43. The molecule has 0 aromatic heterocycles. The average molecular weight is 280 g/mol. The summed E-state index contributed by atoms with van der Waals surface area (Å²) in [6, 6.07) is 4.93. The highest BCUT2D eigenvalue weighted by Crippen LogP contribution is 2.31. The van der Waals surface area contributed by atoms with Crippen LogP contribution < -0.4 is 9.47 Å². The van der Waals surface area contributed by atoms with Gasteiger partial charge in [0.25, 0.3) is 0 Å². The summed E-state index contributed by atoms with van der Waals surface area (Å²) in [6.07, 6.45) is 1.83. The molecule has 0 saturated heterocycles. The number of carboxylic acid groups (broad SMARTS) is 1. The van der Waals surface area contributed by atoms with Crippen molar-refractivity contribution in [2.45, 2.75) is 26.2 Å². The topological polar surface area (TPSA) is 72.8 Å². The van der Waals surface area contributed by atoms with Crippen molar-refractivity contribution in [3.8, 4) is 11.5 Å². The molecule has 110 valence electrons. The number of benzene rings is 1. The van der Waals surface area contributed by atoms with E-state index in [-0.39, 0.29) is 5.56 Å². The number of carbonyl (C=O) groups excluding carboxylic acids is 1. The maximum Gasteiger partial charge on any atom is 0.314 e. The van der Waals surface area contributed by atoms with Crippen LogP contribution >= 0.6 is 0 Å². The lowest BCUT2D eigenvalue weighted by atomic mass is 9.92. The Kier molecular flexibility index (Phi) is 6.03. The number of unbranched alkanes of at least 4 members (excludes halogenated alkanes) is 1. The van der Waals surface area contributed by atoms with Crippen LogP contribution in [0.1, 0.15) is 36.5 Å². The number of ether oxygens (including phenoxy) is 2. The van der Waals surface area contributed by atoms with Crippen molar-refractivity contribution in [3.05, 3.63) is 23.8 Å². The molecule has 5 nitrogen and oxygen atoms in total. The van der Waals surface area contributed by atoms with Gasteiger partial charge in [0.2, 0.25) is 0 Å². The first-order valence-electron chi connectivity index (χ1n) is 6.54. The molecule has 1 unspecified atom stereocenters. The molecular formula is C15H20O5. The maximum absolute atomic E-state index is 12.5. The monoisotopic (exact) mass is 280 g/mol. The highest BCUT2D eigenvalue weighted by Gasteiger charge is 2.31. The number of hydrogen-bond acceptors (Lipinski definition) is 4. The molecule has 0 aliphatic rings. The minimum atomic E-state index is -1.11. The first kappa shape index (κ1) is 16.0. The van der Waals surface area contributed by atoms with E-state index in [1.807, 2.05) is 6.92 Å². The van der Waals surface area contributed by atoms with Gasteiger partial charge >= 0.3 is 5.97 Å². The van der Waals surface area contributed by atoms with Crippen LogP contribution in [0, 0.1) is 5.92 Å². The highest BCUT2D eigenvalue weighted by molar-refractivity contribution is 6.11. The van der Waals surface area contributed by atoms with Gasteiger partial charge in [0.05, 0.1) is 14.2 Å². The number of ketones is 1. The third kappa shape index (κ3) is 3.50. The van der Waals surface area contributed by atoms with E-state index in [1.54, 1.807) is 18.2 Å². The van der Waals surface area contributed by atoms with Crippen molar-refractivity contribution >= 4 is 11.8 Å². The summed E-state index contributed by atoms with van der Waals surface area (Å²) in [5, 5.41) is 9.26. The summed E-state index contributed by atoms with van der Waals surface area (Å²) >= 11 is 0. The second kappa shape index (κ2) is 7.53. The molecule has 0 bridgehead atoms. The van der Waals surface area contributed by atoms with Crippen molar-refractivity contribution in [1.29, 1.82) is 0 Å². The summed E-state index contributed by atoms with van der Waals surface area (Å²) in [4.78, 5) is 23.8. The Morgan fingerprint density at radius 3 is 2.15 bits per heavy atom. The van der Waals surface area contributed by atoms with Crippen LogP contribution in [0.15, 0.2) is 18.2 Å². The lowest BCUT2D eigenvalue weighted by molar-refractivity contribution is -0.140. The lowest BCUT2D eigenvalue weighted by Gasteiger charge is -2.16. The van der Waals surface area contributed by atoms with Gasteiger partial charge in [-0.3, -0.25) is 9.59 Å². The predicted molar refractivity (Wildman–Crippen MR) is 74.5 cm³/mol. The first-order valence-corrected chi connectivity index (χ1v) is 6.54. The lowest BCUT2D eigenvalue weighted by Crippen LogP contribution is -2.24. The first-order chi connectivity index (χ1) is 9.56. The fraction of sp³-hybridized carbons (Fsp3) is 0.467. The van der Waals surface area contributed by atoms with Gasteiger partial charge in [0.15, 0.2) is 5.78 Å². The zero-order chi connectivity index (χ0) is 15.1. The zero-order valence-electron chi connectivity index (χ0n) is 12.0. The molecule has 1 atom stereocenters. The van der Waals surface area contributed by atoms with Crippen LogP contribution in [0.25, 0.3) is 0 Å². The average Bonchev–Trinajstić information content (AvgIpc) is 2.45. The Morgan fingerprint density at radius 1 is 1.20 bits per heavy atom. The molecule has 0 saturated carbocycles. The van der Waals surface area contributed by atoms with Crippen LogP contribution in [-0.4, -0.2) is 31.1 Å². The largest absolute Gasteiger partial charge is 0.496 e. The Labute approximate surface area is 118 Å². The Balaban J connectivity index is 3.19. The van der Waals surface area contributed by atoms with Crippen molar-refractivity contribution in [2.75, 3.05) is 14.2 Å². The number of Topliss-reactive ketones (excluding diaryl/α,β-unsaturated/α-hetero) is 1. The fourth-order valence-electron chi connectivity index (χ4n) is 2.04. The van der Waals surface area contributed by atoms with Crippen LogP contribution in [0.5, 0.6) is 11.5 Å². The van der Waals surface area contributed by atoms with Gasteiger partial charge in [-0.15, -0.1) is 0 Å². The van der Waals surface area contributed by atoms with E-state index < -0.39 is 17.7 Å². The van der Waals surface area contributed by atoms with Gasteiger partial charge in [0.1, 0.15) is 23.0 Å². The van der Waals surface area contributed by atoms with E-state index in [9.17, 15) is 14.7 Å². The Hall–Kier alpha value is -2.04. The smallest absolute Gasteiger partial charge is 0.314 e. The predicted octanol–water partition coefficient (Wildman–Crippen LogP) is 2.78. The zero-order valence-corrected chi connectivity index (χ0v) is 12.0. The van der Waals surface area contributed by atoms with Crippen LogP contribution in [0.3, 0.4) is 0 Å². The van der Waals surface area contributed by atoms with Crippen molar-refractivity contribution < 1.29 is 24.2 Å². The number of methoxy groups -OCH3 is 2. The maximum atomic E-state index is 12.5. The van der Waals surface area contributed by atoms with Crippen LogP contribution in [0.2, 0.25) is 0 Å². The summed E-state index contributed by atoms with van der Waals surface area (Å²) < 4.78 is 10.3. The molecule has 0 amide bonds. The third-order valence-corrected chi connectivity index (χ3v) is 3.14. The van der Waals surface area contributed by atoms with Crippen molar-refractivity contribution in [2.24, 2.45) is 5.92 Å². The molecule has 0 radical (unpaired) electrons. The molecule has 0 heterocycles. The molecule has 0 spiro atoms. The molecular weight excluding hydrogens is 260 g/mol. The van der Waals surface area contributed by atoms with Crippen LogP contribution in [0.4, 0.5) is 0 Å².